The van der Waals surface area contributed by atoms with Crippen LogP contribution in [0.1, 0.15) is 61.8 Å². The molecule has 0 spiro atoms. The Balaban J connectivity index is 0.00000304. The molecule has 0 N–H and O–H groups in total. The molecule has 0 aliphatic carbocycles. The van der Waals surface area contributed by atoms with Gasteiger partial charge < -0.3 is 24.0 Å². The minimum atomic E-state index is 0. The zero-order valence-electron chi connectivity index (χ0n) is 37.6. The number of pyridine rings is 2. The maximum Gasteiger partial charge on any atom is 2.00 e. The number of aryl methyl sites for hydroxylation is 2. The smallest absolute Gasteiger partial charge is 0.502 e. The molecular formula is C57H44N6O2Pd2. The van der Waals surface area contributed by atoms with Crippen LogP contribution in [0.25, 0.3) is 72.5 Å². The number of ether oxygens (including phenoxy) is 2. The minimum Gasteiger partial charge on any atom is -0.502 e. The molecule has 4 aromatic heterocycles. The molecule has 0 aliphatic heterocycles. The van der Waals surface area contributed by atoms with Gasteiger partial charge in [0, 0.05) is 35.4 Å². The molecule has 334 valence electrons. The molecule has 0 amide bonds. The predicted octanol–water partition coefficient (Wildman–Crippen LogP) is 14.1. The fourth-order valence-corrected chi connectivity index (χ4v) is 8.35. The second-order valence-electron chi connectivity index (χ2n) is 16.8. The van der Waals surface area contributed by atoms with Crippen LogP contribution in [0.2, 0.25) is 0 Å². The Bertz CT molecular complexity index is 3120. The summed E-state index contributed by atoms with van der Waals surface area (Å²) >= 11 is 0. The van der Waals surface area contributed by atoms with Gasteiger partial charge >= 0.3 is 40.8 Å². The van der Waals surface area contributed by atoms with E-state index in [4.69, 9.17) is 9.47 Å². The van der Waals surface area contributed by atoms with E-state index in [2.05, 4.69) is 151 Å². The van der Waals surface area contributed by atoms with Gasteiger partial charge in [-0.3, -0.25) is 0 Å². The van der Waals surface area contributed by atoms with E-state index >= 15 is 0 Å². The van der Waals surface area contributed by atoms with Crippen LogP contribution in [0, 0.1) is 38.1 Å². The van der Waals surface area contributed by atoms with E-state index in [0.717, 1.165) is 66.7 Å². The Morgan fingerprint density at radius 2 is 0.925 bits per heavy atom. The van der Waals surface area contributed by atoms with Crippen molar-refractivity contribution in [1.29, 1.82) is 0 Å². The van der Waals surface area contributed by atoms with Crippen LogP contribution >= 0.6 is 0 Å². The number of benzene rings is 6. The molecule has 10 aromatic rings. The van der Waals surface area contributed by atoms with E-state index in [1.807, 2.05) is 65.2 Å². The summed E-state index contributed by atoms with van der Waals surface area (Å²) in [4.78, 5) is 22.6. The summed E-state index contributed by atoms with van der Waals surface area (Å²) in [5, 5.41) is 1.82. The van der Waals surface area contributed by atoms with Crippen LogP contribution in [0.3, 0.4) is 0 Å². The SMILES string of the molecule is Cc1cc(-c2ccccn2)[c-]c(Oc2[c-]c3c(cc2)c2ccc(Oc4[c-]c(-c5ccccn5)cc(C)c4-c4ccc(C(C)C)cc4)[c-]c2n3-c2ncncn2)c1-c1ccc(C(C)C)cc1.[Pd+2].[Pd+2]. The predicted molar refractivity (Wildman–Crippen MR) is 258 cm³/mol. The zero-order valence-corrected chi connectivity index (χ0v) is 40.8. The standard InChI is InChI=1S/C57H44N6O2.2Pd/c1-35(2)39-13-17-41(18-14-39)55-37(5)27-43(49-11-7-9-25-59-49)29-53(55)64-45-21-23-47-48-24-22-46(32-52(48)63(51(47)31-45)57-61-33-58-34-62-57)65-54-30-44(50-12-8-10-26-60-50)28-38(6)56(54)42-19-15-40(16-20-42)36(3)4;;/h7-28,33-36H,1-6H3;;/q-4;2*+2. The summed E-state index contributed by atoms with van der Waals surface area (Å²) in [6.45, 7) is 13.0. The van der Waals surface area contributed by atoms with E-state index < -0.39 is 0 Å². The quantitative estimate of drug-likeness (QED) is 0.0942. The molecule has 0 fully saturated rings. The zero-order chi connectivity index (χ0) is 44.6. The van der Waals surface area contributed by atoms with Crippen molar-refractivity contribution in [3.8, 4) is 73.7 Å². The van der Waals surface area contributed by atoms with E-state index in [1.165, 1.54) is 23.8 Å². The molecule has 8 nitrogen and oxygen atoms in total. The normalized spacial score (nSPS) is 11.2. The molecule has 4 heterocycles. The Labute approximate surface area is 418 Å². The first-order valence-corrected chi connectivity index (χ1v) is 21.8. The Morgan fingerprint density at radius 3 is 1.31 bits per heavy atom. The third-order valence-electron chi connectivity index (χ3n) is 11.7. The van der Waals surface area contributed by atoms with Crippen molar-refractivity contribution in [2.24, 2.45) is 0 Å². The number of fused-ring (bicyclic) bond motifs is 3. The van der Waals surface area contributed by atoms with Gasteiger partial charge in [-0.25, -0.2) is 15.0 Å². The van der Waals surface area contributed by atoms with Crippen molar-refractivity contribution in [3.05, 3.63) is 193 Å². The van der Waals surface area contributed by atoms with Crippen molar-refractivity contribution in [3.63, 3.8) is 0 Å². The van der Waals surface area contributed by atoms with Gasteiger partial charge in [0.15, 0.2) is 0 Å². The van der Waals surface area contributed by atoms with Gasteiger partial charge in [0.2, 0.25) is 5.95 Å². The summed E-state index contributed by atoms with van der Waals surface area (Å²) in [6, 6.07) is 55.5. The molecule has 0 saturated heterocycles. The summed E-state index contributed by atoms with van der Waals surface area (Å²) in [5.74, 6) is 3.34. The molecule has 0 unspecified atom stereocenters. The monoisotopic (exact) mass is 1060 g/mol. The van der Waals surface area contributed by atoms with Gasteiger partial charge in [-0.05, 0) is 46.5 Å². The average Bonchev–Trinajstić information content (AvgIpc) is 3.65. The minimum absolute atomic E-state index is 0. The van der Waals surface area contributed by atoms with Crippen LogP contribution in [0.15, 0.2) is 146 Å². The van der Waals surface area contributed by atoms with E-state index in [9.17, 15) is 0 Å². The van der Waals surface area contributed by atoms with Crippen molar-refractivity contribution < 1.29 is 50.3 Å². The largest absolute Gasteiger partial charge is 2.00 e. The first-order valence-electron chi connectivity index (χ1n) is 21.8. The number of rotatable bonds is 11. The van der Waals surface area contributed by atoms with Crippen LogP contribution < -0.4 is 9.47 Å². The van der Waals surface area contributed by atoms with Crippen LogP contribution in [-0.2, 0) is 40.8 Å². The molecule has 0 aliphatic rings. The molecule has 10 heteroatoms. The summed E-state index contributed by atoms with van der Waals surface area (Å²) in [5.41, 5.74) is 13.2. The van der Waals surface area contributed by atoms with Crippen molar-refractivity contribution in [1.82, 2.24) is 29.5 Å². The second-order valence-corrected chi connectivity index (χ2v) is 16.8. The number of hydrogen-bond acceptors (Lipinski definition) is 7. The summed E-state index contributed by atoms with van der Waals surface area (Å²) in [7, 11) is 0. The third kappa shape index (κ3) is 9.50. The van der Waals surface area contributed by atoms with Gasteiger partial charge in [0.25, 0.3) is 0 Å². The molecule has 0 bridgehead atoms. The summed E-state index contributed by atoms with van der Waals surface area (Å²) < 4.78 is 15.7. The van der Waals surface area contributed by atoms with Crippen LogP contribution in [0.5, 0.6) is 23.0 Å². The number of hydrogen-bond donors (Lipinski definition) is 0. The topological polar surface area (TPSA) is 87.8 Å². The first-order chi connectivity index (χ1) is 31.7. The van der Waals surface area contributed by atoms with Gasteiger partial charge in [0.1, 0.15) is 12.7 Å². The molecule has 67 heavy (non-hydrogen) atoms. The van der Waals surface area contributed by atoms with Gasteiger partial charge in [-0.2, -0.15) is 22.9 Å². The van der Waals surface area contributed by atoms with E-state index in [0.29, 0.717) is 51.8 Å². The van der Waals surface area contributed by atoms with Crippen LogP contribution in [-0.4, -0.2) is 29.5 Å². The average molecular weight is 1060 g/mol. The molecule has 6 aromatic carbocycles. The van der Waals surface area contributed by atoms with Gasteiger partial charge in [0.05, 0.1) is 0 Å². The molecular weight excluding hydrogens is 1010 g/mol. The third-order valence-corrected chi connectivity index (χ3v) is 11.7. The maximum absolute atomic E-state index is 6.87. The van der Waals surface area contributed by atoms with Crippen molar-refractivity contribution >= 4 is 21.8 Å². The van der Waals surface area contributed by atoms with E-state index in [-0.39, 0.29) is 40.8 Å². The number of nitrogens with zero attached hydrogens (tertiary/aromatic N) is 6. The van der Waals surface area contributed by atoms with Gasteiger partial charge in [-0.1, -0.05) is 160 Å². The fraction of sp³-hybridized carbons (Fsp3) is 0.140. The summed E-state index contributed by atoms with van der Waals surface area (Å²) in [6.07, 6.45) is 6.54. The van der Waals surface area contributed by atoms with Crippen molar-refractivity contribution in [2.45, 2.75) is 53.4 Å². The maximum atomic E-state index is 6.87. The van der Waals surface area contributed by atoms with Crippen molar-refractivity contribution in [2.75, 3.05) is 0 Å². The molecule has 0 radical (unpaired) electrons. The number of aromatic nitrogens is 6. The first kappa shape index (κ1) is 46.9. The fourth-order valence-electron chi connectivity index (χ4n) is 8.35. The Morgan fingerprint density at radius 1 is 0.493 bits per heavy atom. The van der Waals surface area contributed by atoms with Gasteiger partial charge in [-0.15, -0.1) is 58.7 Å². The van der Waals surface area contributed by atoms with Crippen LogP contribution in [0.4, 0.5) is 0 Å². The molecule has 0 saturated carbocycles. The second kappa shape index (κ2) is 20.1. The Hall–Kier alpha value is -6.65. The Kier molecular flexibility index (Phi) is 14.0. The van der Waals surface area contributed by atoms with E-state index in [1.54, 1.807) is 12.4 Å². The molecule has 0 atom stereocenters. The molecule has 10 rings (SSSR count).